The Morgan fingerprint density at radius 1 is 1.08 bits per heavy atom. The number of nitrogens with zero attached hydrogens (tertiary/aromatic N) is 3. The fourth-order valence-electron chi connectivity index (χ4n) is 3.56. The number of aliphatic imine (C=N–C) groups is 1. The highest BCUT2D eigenvalue weighted by molar-refractivity contribution is 7.16. The van der Waals surface area contributed by atoms with Gasteiger partial charge in [-0.2, -0.15) is 5.10 Å². The van der Waals surface area contributed by atoms with Gasteiger partial charge >= 0.3 is 0 Å². The monoisotopic (exact) mass is 559 g/mol. The van der Waals surface area contributed by atoms with Crippen molar-refractivity contribution in [2.45, 2.75) is 26.7 Å². The summed E-state index contributed by atoms with van der Waals surface area (Å²) in [4.78, 5) is 31.4. The lowest BCUT2D eigenvalue weighted by molar-refractivity contribution is 0.0984. The topological polar surface area (TPSA) is 84.5 Å². The summed E-state index contributed by atoms with van der Waals surface area (Å²) in [5.74, 6) is -0.113. The number of hydrogen-bond acceptors (Lipinski definition) is 7. The van der Waals surface area contributed by atoms with Crippen LogP contribution in [-0.4, -0.2) is 38.7 Å². The number of rotatable bonds is 9. The van der Waals surface area contributed by atoms with Crippen LogP contribution in [0.4, 0.5) is 0 Å². The molecule has 3 aromatic heterocycles. The van der Waals surface area contributed by atoms with E-state index < -0.39 is 0 Å². The van der Waals surface area contributed by atoms with Gasteiger partial charge in [-0.05, 0) is 56.2 Å². The first kappa shape index (κ1) is 26.3. The zero-order valence-corrected chi connectivity index (χ0v) is 23.0. The molecule has 0 radical (unpaired) electrons. The minimum absolute atomic E-state index is 0.0138. The summed E-state index contributed by atoms with van der Waals surface area (Å²) in [5.41, 5.74) is 3.76. The Bertz CT molecular complexity index is 1460. The molecule has 4 aromatic rings. The molecule has 10 heteroatoms. The predicted molar refractivity (Wildman–Crippen MR) is 148 cm³/mol. The second-order valence-corrected chi connectivity index (χ2v) is 11.0. The summed E-state index contributed by atoms with van der Waals surface area (Å²) in [6, 6.07) is 10.5. The van der Waals surface area contributed by atoms with Crippen molar-refractivity contribution in [2.24, 2.45) is 12.0 Å². The summed E-state index contributed by atoms with van der Waals surface area (Å²) in [5, 5.41) is 17.7. The van der Waals surface area contributed by atoms with Gasteiger partial charge in [0.15, 0.2) is 11.6 Å². The van der Waals surface area contributed by atoms with E-state index in [0.29, 0.717) is 48.8 Å². The minimum Gasteiger partial charge on any atom is -0.506 e. The van der Waals surface area contributed by atoms with Crippen molar-refractivity contribution in [3.05, 3.63) is 78.5 Å². The molecular weight excluding hydrogens is 537 g/mol. The first-order chi connectivity index (χ1) is 17.1. The highest BCUT2D eigenvalue weighted by Crippen LogP contribution is 2.40. The molecule has 0 aliphatic carbocycles. The molecule has 0 amide bonds. The molecule has 186 valence electrons. The number of thiophene rings is 2. The maximum Gasteiger partial charge on any atom is 0.194 e. The van der Waals surface area contributed by atoms with Crippen molar-refractivity contribution in [3.63, 3.8) is 0 Å². The van der Waals surface area contributed by atoms with Crippen molar-refractivity contribution in [1.29, 1.82) is 0 Å². The second-order valence-electron chi connectivity index (χ2n) is 8.27. The third-order valence-corrected chi connectivity index (χ3v) is 8.65. The molecule has 0 bridgehead atoms. The van der Waals surface area contributed by atoms with Gasteiger partial charge in [-0.1, -0.05) is 29.3 Å². The third-order valence-electron chi connectivity index (χ3n) is 5.72. The number of Topliss-reactive ketones (excluding diaryl/α,β-unsaturated/α-hetero) is 2. The molecule has 0 unspecified atom stereocenters. The maximum absolute atomic E-state index is 12.7. The molecule has 3 heterocycles. The molecule has 36 heavy (non-hydrogen) atoms. The van der Waals surface area contributed by atoms with Crippen molar-refractivity contribution >= 4 is 63.2 Å². The first-order valence-corrected chi connectivity index (χ1v) is 13.5. The lowest BCUT2D eigenvalue weighted by atomic mass is 10.1. The van der Waals surface area contributed by atoms with Gasteiger partial charge in [-0.15, -0.1) is 22.7 Å². The van der Waals surface area contributed by atoms with Gasteiger partial charge in [0.25, 0.3) is 0 Å². The standard InChI is InChI=1S/C26H23Cl2N3O3S2/c1-14-10-17(30-31(14)3)5-7-21(32)23-8-9-24(36-23)22(33)12-29-15(2)18-13-35-26(25(18)34)16-4-6-19(27)20(28)11-16/h4,6,8-11,13,34H,5,7,12H2,1-3H3. The SMILES string of the molecule is CC(=NCC(=O)c1ccc(C(=O)CCc2cc(C)n(C)n2)s1)c1csc(-c2ccc(Cl)c(Cl)c2)c1O. The quantitative estimate of drug-likeness (QED) is 0.176. The summed E-state index contributed by atoms with van der Waals surface area (Å²) in [6.45, 7) is 3.63. The summed E-state index contributed by atoms with van der Waals surface area (Å²) in [7, 11) is 1.87. The molecule has 0 aliphatic heterocycles. The van der Waals surface area contributed by atoms with E-state index >= 15 is 0 Å². The van der Waals surface area contributed by atoms with Gasteiger partial charge in [-0.25, -0.2) is 0 Å². The molecule has 0 saturated carbocycles. The van der Waals surface area contributed by atoms with Crippen LogP contribution in [0.5, 0.6) is 5.75 Å². The zero-order valence-electron chi connectivity index (χ0n) is 19.8. The number of aryl methyl sites for hydroxylation is 3. The van der Waals surface area contributed by atoms with Crippen molar-refractivity contribution in [2.75, 3.05) is 6.54 Å². The van der Waals surface area contributed by atoms with E-state index in [1.54, 1.807) is 47.3 Å². The second kappa shape index (κ2) is 11.1. The maximum atomic E-state index is 12.7. The Balaban J connectivity index is 1.39. The molecule has 0 aliphatic rings. The average Bonchev–Trinajstić information content (AvgIpc) is 3.57. The Hall–Kier alpha value is -2.78. The van der Waals surface area contributed by atoms with E-state index in [1.165, 1.54) is 22.7 Å². The lowest BCUT2D eigenvalue weighted by Crippen LogP contribution is -2.04. The summed E-state index contributed by atoms with van der Waals surface area (Å²) < 4.78 is 1.79. The fourth-order valence-corrected chi connectivity index (χ4v) is 5.77. The molecule has 1 N–H and O–H groups in total. The van der Waals surface area contributed by atoms with Gasteiger partial charge in [0.05, 0.1) is 30.4 Å². The molecular formula is C26H23Cl2N3O3S2. The predicted octanol–water partition coefficient (Wildman–Crippen LogP) is 7.04. The van der Waals surface area contributed by atoms with Crippen LogP contribution >= 0.6 is 45.9 Å². The first-order valence-electron chi connectivity index (χ1n) is 11.1. The number of benzene rings is 1. The normalized spacial score (nSPS) is 11.8. The van der Waals surface area contributed by atoms with Gasteiger partial charge in [0.2, 0.25) is 0 Å². The van der Waals surface area contributed by atoms with Crippen LogP contribution in [0.15, 0.2) is 46.8 Å². The van der Waals surface area contributed by atoms with E-state index in [2.05, 4.69) is 10.1 Å². The highest BCUT2D eigenvalue weighted by atomic mass is 35.5. The number of carbonyl (C=O) groups is 2. The number of carbonyl (C=O) groups excluding carboxylic acids is 2. The van der Waals surface area contributed by atoms with Gasteiger partial charge in [-0.3, -0.25) is 19.3 Å². The van der Waals surface area contributed by atoms with Crippen LogP contribution in [0.3, 0.4) is 0 Å². The number of halogens is 2. The van der Waals surface area contributed by atoms with Crippen LogP contribution in [0.2, 0.25) is 10.0 Å². The highest BCUT2D eigenvalue weighted by Gasteiger charge is 2.17. The number of aromatic nitrogens is 2. The number of hydrogen-bond donors (Lipinski definition) is 1. The average molecular weight is 561 g/mol. The molecule has 0 spiro atoms. The molecule has 0 atom stereocenters. The molecule has 0 saturated heterocycles. The number of ketones is 2. The van der Waals surface area contributed by atoms with Crippen LogP contribution < -0.4 is 0 Å². The van der Waals surface area contributed by atoms with Gasteiger partial charge in [0, 0.05) is 35.8 Å². The van der Waals surface area contributed by atoms with Crippen LogP contribution in [0.25, 0.3) is 10.4 Å². The third kappa shape index (κ3) is 5.78. The molecule has 6 nitrogen and oxygen atoms in total. The van der Waals surface area contributed by atoms with E-state index in [1.807, 2.05) is 20.0 Å². The Labute approximate surface area is 226 Å². The zero-order chi connectivity index (χ0) is 26.0. The molecule has 1 aromatic carbocycles. The van der Waals surface area contributed by atoms with Gasteiger partial charge in [0.1, 0.15) is 12.3 Å². The van der Waals surface area contributed by atoms with Gasteiger partial charge < -0.3 is 5.11 Å². The van der Waals surface area contributed by atoms with Crippen LogP contribution in [-0.2, 0) is 13.5 Å². The smallest absolute Gasteiger partial charge is 0.194 e. The van der Waals surface area contributed by atoms with Crippen LogP contribution in [0.1, 0.15) is 49.6 Å². The van der Waals surface area contributed by atoms with E-state index in [4.69, 9.17) is 23.2 Å². The summed E-state index contributed by atoms with van der Waals surface area (Å²) in [6.07, 6.45) is 0.889. The van der Waals surface area contributed by atoms with E-state index in [-0.39, 0.29) is 23.9 Å². The Morgan fingerprint density at radius 2 is 1.81 bits per heavy atom. The van der Waals surface area contributed by atoms with Crippen molar-refractivity contribution in [1.82, 2.24) is 9.78 Å². The number of aromatic hydroxyl groups is 1. The largest absolute Gasteiger partial charge is 0.506 e. The fraction of sp³-hybridized carbons (Fsp3) is 0.231. The van der Waals surface area contributed by atoms with Crippen molar-refractivity contribution < 1.29 is 14.7 Å². The molecule has 4 rings (SSSR count). The van der Waals surface area contributed by atoms with Crippen molar-refractivity contribution in [3.8, 4) is 16.2 Å². The Kier molecular flexibility index (Phi) is 8.10. The minimum atomic E-state index is -0.182. The summed E-state index contributed by atoms with van der Waals surface area (Å²) >= 11 is 14.6. The molecule has 0 fully saturated rings. The van der Waals surface area contributed by atoms with Crippen LogP contribution in [0, 0.1) is 6.92 Å². The van der Waals surface area contributed by atoms with E-state index in [0.717, 1.165) is 17.0 Å². The van der Waals surface area contributed by atoms with E-state index in [9.17, 15) is 14.7 Å². The Morgan fingerprint density at radius 3 is 2.47 bits per heavy atom. The lowest BCUT2D eigenvalue weighted by Gasteiger charge is -2.03.